The number of aryl methyl sites for hydroxylation is 1. The van der Waals surface area contributed by atoms with Crippen LogP contribution in [0.5, 0.6) is 0 Å². The summed E-state index contributed by atoms with van der Waals surface area (Å²) in [4.78, 5) is 0. The zero-order valence-corrected chi connectivity index (χ0v) is 12.9. The topological polar surface area (TPSA) is 63.4 Å². The SMILES string of the molecule is CN(Cc1ccc(N)cc1)S(=O)(=O)CCc1ccccc1. The second-order valence-corrected chi connectivity index (χ2v) is 7.24. The predicted octanol–water partition coefficient (Wildman–Crippen LogP) is 2.27. The Bertz CT molecular complexity index is 667. The third-order valence-electron chi connectivity index (χ3n) is 3.35. The molecule has 5 heteroatoms. The van der Waals surface area contributed by atoms with E-state index in [1.54, 1.807) is 19.2 Å². The van der Waals surface area contributed by atoms with Crippen LogP contribution in [0.2, 0.25) is 0 Å². The zero-order valence-electron chi connectivity index (χ0n) is 12.1. The van der Waals surface area contributed by atoms with Crippen molar-refractivity contribution in [3.05, 3.63) is 65.7 Å². The zero-order chi connectivity index (χ0) is 15.3. The lowest BCUT2D eigenvalue weighted by Crippen LogP contribution is -2.29. The Morgan fingerprint density at radius 3 is 2.19 bits per heavy atom. The third-order valence-corrected chi connectivity index (χ3v) is 5.15. The fourth-order valence-electron chi connectivity index (χ4n) is 2.03. The average molecular weight is 304 g/mol. The molecule has 2 rings (SSSR count). The van der Waals surface area contributed by atoms with E-state index in [2.05, 4.69) is 0 Å². The molecule has 0 saturated carbocycles. The Balaban J connectivity index is 1.96. The number of sulfonamides is 1. The van der Waals surface area contributed by atoms with Crippen LogP contribution in [-0.4, -0.2) is 25.5 Å². The van der Waals surface area contributed by atoms with E-state index in [4.69, 9.17) is 5.73 Å². The van der Waals surface area contributed by atoms with Crippen molar-refractivity contribution in [3.8, 4) is 0 Å². The summed E-state index contributed by atoms with van der Waals surface area (Å²) in [6, 6.07) is 16.9. The monoisotopic (exact) mass is 304 g/mol. The van der Waals surface area contributed by atoms with Crippen LogP contribution in [0, 0.1) is 0 Å². The predicted molar refractivity (Wildman–Crippen MR) is 86.3 cm³/mol. The van der Waals surface area contributed by atoms with Crippen LogP contribution in [-0.2, 0) is 23.0 Å². The molecule has 0 saturated heterocycles. The average Bonchev–Trinajstić information content (AvgIpc) is 2.48. The Morgan fingerprint density at radius 1 is 0.952 bits per heavy atom. The van der Waals surface area contributed by atoms with Gasteiger partial charge in [0.05, 0.1) is 5.75 Å². The summed E-state index contributed by atoms with van der Waals surface area (Å²) >= 11 is 0. The molecule has 2 N–H and O–H groups in total. The van der Waals surface area contributed by atoms with E-state index >= 15 is 0 Å². The van der Waals surface area contributed by atoms with Crippen LogP contribution >= 0.6 is 0 Å². The van der Waals surface area contributed by atoms with Gasteiger partial charge in [-0.1, -0.05) is 42.5 Å². The van der Waals surface area contributed by atoms with Gasteiger partial charge in [0.2, 0.25) is 10.0 Å². The van der Waals surface area contributed by atoms with Crippen molar-refractivity contribution in [2.24, 2.45) is 0 Å². The van der Waals surface area contributed by atoms with Crippen molar-refractivity contribution in [3.63, 3.8) is 0 Å². The molecule has 0 atom stereocenters. The lowest BCUT2D eigenvalue weighted by Gasteiger charge is -2.17. The van der Waals surface area contributed by atoms with Crippen molar-refractivity contribution in [2.75, 3.05) is 18.5 Å². The maximum atomic E-state index is 12.3. The molecule has 2 aromatic carbocycles. The fourth-order valence-corrected chi connectivity index (χ4v) is 3.18. The Morgan fingerprint density at radius 2 is 1.57 bits per heavy atom. The van der Waals surface area contributed by atoms with Gasteiger partial charge in [0.25, 0.3) is 0 Å². The van der Waals surface area contributed by atoms with E-state index in [1.165, 1.54) is 4.31 Å². The first-order valence-electron chi connectivity index (χ1n) is 6.80. The van der Waals surface area contributed by atoms with Crippen LogP contribution in [0.15, 0.2) is 54.6 Å². The van der Waals surface area contributed by atoms with Crippen LogP contribution in [0.3, 0.4) is 0 Å². The van der Waals surface area contributed by atoms with Gasteiger partial charge in [0.1, 0.15) is 0 Å². The van der Waals surface area contributed by atoms with E-state index in [9.17, 15) is 8.42 Å². The molecule has 0 radical (unpaired) electrons. The van der Waals surface area contributed by atoms with Crippen molar-refractivity contribution in [2.45, 2.75) is 13.0 Å². The molecule has 0 fully saturated rings. The van der Waals surface area contributed by atoms with Crippen molar-refractivity contribution in [1.82, 2.24) is 4.31 Å². The smallest absolute Gasteiger partial charge is 0.214 e. The Hall–Kier alpha value is -1.85. The summed E-state index contributed by atoms with van der Waals surface area (Å²) in [6.45, 7) is 0.359. The number of rotatable bonds is 6. The molecular weight excluding hydrogens is 284 g/mol. The summed E-state index contributed by atoms with van der Waals surface area (Å²) in [5.74, 6) is 0.114. The molecule has 0 aliphatic carbocycles. The first-order valence-corrected chi connectivity index (χ1v) is 8.41. The number of benzene rings is 2. The molecule has 0 bridgehead atoms. The number of nitrogens with two attached hydrogens (primary N) is 1. The van der Waals surface area contributed by atoms with E-state index in [0.717, 1.165) is 11.1 Å². The van der Waals surface area contributed by atoms with Gasteiger partial charge in [-0.3, -0.25) is 0 Å². The van der Waals surface area contributed by atoms with Crippen LogP contribution < -0.4 is 5.73 Å². The van der Waals surface area contributed by atoms with E-state index in [1.807, 2.05) is 42.5 Å². The van der Waals surface area contributed by atoms with Gasteiger partial charge >= 0.3 is 0 Å². The summed E-state index contributed by atoms with van der Waals surface area (Å²) in [5.41, 5.74) is 8.25. The van der Waals surface area contributed by atoms with Crippen LogP contribution in [0.1, 0.15) is 11.1 Å². The number of nitrogen functional groups attached to an aromatic ring is 1. The molecule has 4 nitrogen and oxygen atoms in total. The summed E-state index contributed by atoms with van der Waals surface area (Å²) < 4.78 is 25.9. The number of anilines is 1. The van der Waals surface area contributed by atoms with Gasteiger partial charge in [-0.2, -0.15) is 0 Å². The molecule has 0 heterocycles. The normalized spacial score (nSPS) is 11.7. The molecule has 21 heavy (non-hydrogen) atoms. The minimum atomic E-state index is -3.26. The van der Waals surface area contributed by atoms with E-state index in [0.29, 0.717) is 18.7 Å². The largest absolute Gasteiger partial charge is 0.399 e. The summed E-state index contributed by atoms with van der Waals surface area (Å²) in [7, 11) is -1.66. The second-order valence-electron chi connectivity index (χ2n) is 5.05. The van der Waals surface area contributed by atoms with Crippen LogP contribution in [0.25, 0.3) is 0 Å². The molecule has 0 unspecified atom stereocenters. The number of nitrogens with zero attached hydrogens (tertiary/aromatic N) is 1. The van der Waals surface area contributed by atoms with Gasteiger partial charge in [-0.05, 0) is 29.7 Å². The quantitative estimate of drug-likeness (QED) is 0.833. The van der Waals surface area contributed by atoms with Gasteiger partial charge in [-0.15, -0.1) is 0 Å². The van der Waals surface area contributed by atoms with Crippen LogP contribution in [0.4, 0.5) is 5.69 Å². The Kier molecular flexibility index (Phi) is 4.98. The fraction of sp³-hybridized carbons (Fsp3) is 0.250. The lowest BCUT2D eigenvalue weighted by atomic mass is 10.2. The van der Waals surface area contributed by atoms with E-state index < -0.39 is 10.0 Å². The molecule has 2 aromatic rings. The third kappa shape index (κ3) is 4.58. The second kappa shape index (κ2) is 6.74. The molecule has 0 aliphatic rings. The lowest BCUT2D eigenvalue weighted by molar-refractivity contribution is 0.466. The van der Waals surface area contributed by atoms with Gasteiger partial charge < -0.3 is 5.73 Å². The highest BCUT2D eigenvalue weighted by Gasteiger charge is 2.17. The van der Waals surface area contributed by atoms with Crippen molar-refractivity contribution < 1.29 is 8.42 Å². The summed E-state index contributed by atoms with van der Waals surface area (Å²) in [5, 5.41) is 0. The maximum Gasteiger partial charge on any atom is 0.214 e. The minimum absolute atomic E-state index is 0.114. The Labute approximate surface area is 126 Å². The molecule has 0 amide bonds. The minimum Gasteiger partial charge on any atom is -0.399 e. The standard InChI is InChI=1S/C16H20N2O2S/c1-18(13-15-7-9-16(17)10-8-15)21(19,20)12-11-14-5-3-2-4-6-14/h2-10H,11-13,17H2,1H3. The first kappa shape index (κ1) is 15.5. The molecule has 112 valence electrons. The van der Waals surface area contributed by atoms with E-state index in [-0.39, 0.29) is 5.75 Å². The van der Waals surface area contributed by atoms with Gasteiger partial charge in [0.15, 0.2) is 0 Å². The first-order chi connectivity index (χ1) is 9.97. The van der Waals surface area contributed by atoms with Gasteiger partial charge in [0, 0.05) is 19.3 Å². The highest BCUT2D eigenvalue weighted by Crippen LogP contribution is 2.11. The van der Waals surface area contributed by atoms with Crippen molar-refractivity contribution >= 4 is 15.7 Å². The molecular formula is C16H20N2O2S. The molecule has 0 spiro atoms. The van der Waals surface area contributed by atoms with Gasteiger partial charge in [-0.25, -0.2) is 12.7 Å². The van der Waals surface area contributed by atoms with Crippen molar-refractivity contribution in [1.29, 1.82) is 0 Å². The number of hydrogen-bond acceptors (Lipinski definition) is 3. The molecule has 0 aliphatic heterocycles. The highest BCUT2D eigenvalue weighted by molar-refractivity contribution is 7.89. The maximum absolute atomic E-state index is 12.3. The highest BCUT2D eigenvalue weighted by atomic mass is 32.2. The summed E-state index contributed by atoms with van der Waals surface area (Å²) in [6.07, 6.45) is 0.523. The number of hydrogen-bond donors (Lipinski definition) is 1. The molecule has 0 aromatic heterocycles.